The van der Waals surface area contributed by atoms with Gasteiger partial charge in [0.25, 0.3) is 5.91 Å². The van der Waals surface area contributed by atoms with Gasteiger partial charge in [0.15, 0.2) is 0 Å². The average molecular weight is 295 g/mol. The number of rotatable bonds is 4. The molecule has 1 heterocycles. The molecular formula is C16H25NO2S. The van der Waals surface area contributed by atoms with Crippen LogP contribution in [0.2, 0.25) is 0 Å². The Bertz CT molecular complexity index is 428. The fraction of sp³-hybridized carbons (Fsp3) is 0.688. The van der Waals surface area contributed by atoms with Crippen molar-refractivity contribution in [3.05, 3.63) is 21.4 Å². The molecular weight excluding hydrogens is 270 g/mol. The number of nitrogens with one attached hydrogen (secondary N) is 1. The van der Waals surface area contributed by atoms with Gasteiger partial charge in [0.2, 0.25) is 0 Å². The zero-order chi connectivity index (χ0) is 14.5. The molecule has 0 aliphatic heterocycles. The topological polar surface area (TPSA) is 49.3 Å². The summed E-state index contributed by atoms with van der Waals surface area (Å²) < 4.78 is 0. The summed E-state index contributed by atoms with van der Waals surface area (Å²) in [5, 5.41) is 12.3. The first-order valence-corrected chi connectivity index (χ1v) is 8.48. The third-order valence-electron chi connectivity index (χ3n) is 3.79. The molecule has 1 amide bonds. The van der Waals surface area contributed by atoms with Crippen LogP contribution in [-0.2, 0) is 12.8 Å². The zero-order valence-corrected chi connectivity index (χ0v) is 13.3. The molecule has 0 saturated carbocycles. The van der Waals surface area contributed by atoms with Crippen LogP contribution in [0.1, 0.15) is 66.1 Å². The Kier molecular flexibility index (Phi) is 5.61. The van der Waals surface area contributed by atoms with Crippen molar-refractivity contribution in [2.75, 3.05) is 0 Å². The van der Waals surface area contributed by atoms with Crippen molar-refractivity contribution in [3.63, 3.8) is 0 Å². The van der Waals surface area contributed by atoms with E-state index < -0.39 is 0 Å². The van der Waals surface area contributed by atoms with Crippen LogP contribution in [0.4, 0.5) is 0 Å². The first kappa shape index (κ1) is 15.5. The molecule has 1 aliphatic rings. The lowest BCUT2D eigenvalue weighted by atomic mass is 10.00. The first-order valence-electron chi connectivity index (χ1n) is 7.66. The van der Waals surface area contributed by atoms with Gasteiger partial charge < -0.3 is 10.4 Å². The van der Waals surface area contributed by atoms with Crippen molar-refractivity contribution in [2.45, 2.75) is 70.9 Å². The lowest BCUT2D eigenvalue weighted by Crippen LogP contribution is -2.34. The Labute approximate surface area is 125 Å². The van der Waals surface area contributed by atoms with E-state index >= 15 is 0 Å². The number of aliphatic hydroxyl groups is 1. The summed E-state index contributed by atoms with van der Waals surface area (Å²) in [6.07, 6.45) is 7.55. The largest absolute Gasteiger partial charge is 0.393 e. The number of aryl methyl sites for hydroxylation is 2. The van der Waals surface area contributed by atoms with Gasteiger partial charge in [-0.25, -0.2) is 0 Å². The van der Waals surface area contributed by atoms with Gasteiger partial charge in [-0.2, -0.15) is 0 Å². The summed E-state index contributed by atoms with van der Waals surface area (Å²) in [7, 11) is 0. The van der Waals surface area contributed by atoms with Crippen LogP contribution in [-0.4, -0.2) is 23.2 Å². The van der Waals surface area contributed by atoms with E-state index in [9.17, 15) is 9.90 Å². The number of aliphatic hydroxyl groups excluding tert-OH is 1. The summed E-state index contributed by atoms with van der Waals surface area (Å²) in [6, 6.07) is 2.09. The normalized spacial score (nSPS) is 18.6. The zero-order valence-electron chi connectivity index (χ0n) is 12.4. The summed E-state index contributed by atoms with van der Waals surface area (Å²) in [5.41, 5.74) is 1.38. The van der Waals surface area contributed by atoms with Crippen molar-refractivity contribution in [1.82, 2.24) is 5.32 Å². The van der Waals surface area contributed by atoms with E-state index in [-0.39, 0.29) is 18.1 Å². The highest BCUT2D eigenvalue weighted by atomic mass is 32.1. The van der Waals surface area contributed by atoms with Gasteiger partial charge in [-0.15, -0.1) is 11.3 Å². The molecule has 0 saturated heterocycles. The molecule has 1 aliphatic carbocycles. The van der Waals surface area contributed by atoms with E-state index in [1.165, 1.54) is 36.1 Å². The molecule has 1 aromatic heterocycles. The van der Waals surface area contributed by atoms with Crippen LogP contribution >= 0.6 is 11.3 Å². The summed E-state index contributed by atoms with van der Waals surface area (Å²) in [5.74, 6) is 0.00916. The van der Waals surface area contributed by atoms with Crippen molar-refractivity contribution >= 4 is 17.2 Å². The van der Waals surface area contributed by atoms with Gasteiger partial charge >= 0.3 is 0 Å². The van der Waals surface area contributed by atoms with E-state index in [1.807, 2.05) is 6.92 Å². The average Bonchev–Trinajstić information content (AvgIpc) is 2.70. The highest BCUT2D eigenvalue weighted by molar-refractivity contribution is 7.14. The Balaban J connectivity index is 2.01. The quantitative estimate of drug-likeness (QED) is 0.895. The molecule has 3 nitrogen and oxygen atoms in total. The van der Waals surface area contributed by atoms with Crippen LogP contribution in [0.3, 0.4) is 0 Å². The summed E-state index contributed by atoms with van der Waals surface area (Å²) in [4.78, 5) is 14.5. The molecule has 2 N–H and O–H groups in total. The number of carbonyl (C=O) groups is 1. The molecule has 0 aromatic carbocycles. The van der Waals surface area contributed by atoms with Crippen molar-refractivity contribution in [2.24, 2.45) is 0 Å². The minimum absolute atomic E-state index is 0.00665. The molecule has 0 bridgehead atoms. The molecule has 2 atom stereocenters. The molecule has 20 heavy (non-hydrogen) atoms. The van der Waals surface area contributed by atoms with Crippen LogP contribution in [0.15, 0.2) is 6.07 Å². The maximum absolute atomic E-state index is 12.2. The van der Waals surface area contributed by atoms with Crippen LogP contribution in [0, 0.1) is 0 Å². The number of carbonyl (C=O) groups excluding carboxylic acids is 1. The lowest BCUT2D eigenvalue weighted by molar-refractivity contribution is 0.0927. The second kappa shape index (κ2) is 7.23. The number of fused-ring (bicyclic) bond motifs is 1. The third kappa shape index (κ3) is 4.32. The Morgan fingerprint density at radius 2 is 2.00 bits per heavy atom. The smallest absolute Gasteiger partial charge is 0.261 e. The maximum Gasteiger partial charge on any atom is 0.261 e. The fourth-order valence-electron chi connectivity index (χ4n) is 2.82. The standard InChI is InChI=1S/C16H25NO2S/c1-11(9-12(2)18)17-16(19)15-10-13-7-5-3-4-6-8-14(13)20-15/h10-12,18H,3-9H2,1-2H3,(H,17,19). The number of amides is 1. The Hall–Kier alpha value is -0.870. The molecule has 2 unspecified atom stereocenters. The van der Waals surface area contributed by atoms with Gasteiger partial charge in [0, 0.05) is 10.9 Å². The van der Waals surface area contributed by atoms with Crippen molar-refractivity contribution < 1.29 is 9.90 Å². The Morgan fingerprint density at radius 3 is 2.70 bits per heavy atom. The maximum atomic E-state index is 12.2. The molecule has 0 fully saturated rings. The molecule has 1 aromatic rings. The fourth-order valence-corrected chi connectivity index (χ4v) is 3.98. The molecule has 2 rings (SSSR count). The van der Waals surface area contributed by atoms with E-state index in [0.717, 1.165) is 17.7 Å². The van der Waals surface area contributed by atoms with E-state index in [2.05, 4.69) is 11.4 Å². The molecule has 4 heteroatoms. The highest BCUT2D eigenvalue weighted by Gasteiger charge is 2.17. The molecule has 112 valence electrons. The van der Waals surface area contributed by atoms with Crippen LogP contribution in [0.5, 0.6) is 0 Å². The summed E-state index contributed by atoms with van der Waals surface area (Å²) >= 11 is 1.65. The highest BCUT2D eigenvalue weighted by Crippen LogP contribution is 2.28. The van der Waals surface area contributed by atoms with E-state index in [4.69, 9.17) is 0 Å². The van der Waals surface area contributed by atoms with Gasteiger partial charge in [-0.1, -0.05) is 12.8 Å². The van der Waals surface area contributed by atoms with Gasteiger partial charge in [-0.05, 0) is 57.6 Å². The predicted octanol–water partition coefficient (Wildman–Crippen LogP) is 3.30. The first-order chi connectivity index (χ1) is 9.56. The predicted molar refractivity (Wildman–Crippen MR) is 83.4 cm³/mol. The Morgan fingerprint density at radius 1 is 1.30 bits per heavy atom. The minimum Gasteiger partial charge on any atom is -0.393 e. The van der Waals surface area contributed by atoms with Crippen molar-refractivity contribution in [3.8, 4) is 0 Å². The van der Waals surface area contributed by atoms with E-state index in [0.29, 0.717) is 6.42 Å². The second-order valence-electron chi connectivity index (χ2n) is 5.93. The van der Waals surface area contributed by atoms with Crippen LogP contribution < -0.4 is 5.32 Å². The van der Waals surface area contributed by atoms with Gasteiger partial charge in [0.05, 0.1) is 11.0 Å². The van der Waals surface area contributed by atoms with Gasteiger partial charge in [0.1, 0.15) is 0 Å². The second-order valence-corrected chi connectivity index (χ2v) is 7.07. The van der Waals surface area contributed by atoms with E-state index in [1.54, 1.807) is 18.3 Å². The summed E-state index contributed by atoms with van der Waals surface area (Å²) in [6.45, 7) is 3.69. The number of thiophene rings is 1. The number of hydrogen-bond acceptors (Lipinski definition) is 3. The number of hydrogen-bond donors (Lipinski definition) is 2. The molecule has 0 radical (unpaired) electrons. The monoisotopic (exact) mass is 295 g/mol. The molecule has 0 spiro atoms. The van der Waals surface area contributed by atoms with Gasteiger partial charge in [-0.3, -0.25) is 4.79 Å². The minimum atomic E-state index is -0.381. The lowest BCUT2D eigenvalue weighted by Gasteiger charge is -2.14. The SMILES string of the molecule is CC(O)CC(C)NC(=O)c1cc2c(s1)CCCCCC2. The third-order valence-corrected chi connectivity index (χ3v) is 5.03. The van der Waals surface area contributed by atoms with Crippen molar-refractivity contribution in [1.29, 1.82) is 0 Å². The van der Waals surface area contributed by atoms with Crippen LogP contribution in [0.25, 0.3) is 0 Å².